The molecule has 0 saturated carbocycles. The minimum absolute atomic E-state index is 0. The van der Waals surface area contributed by atoms with Crippen molar-refractivity contribution in [2.75, 3.05) is 0 Å². The number of rotatable bonds is 1. The van der Waals surface area contributed by atoms with Gasteiger partial charge in [-0.3, -0.25) is 0 Å². The fraction of sp³-hybridized carbons (Fsp3) is 0.100. The zero-order valence-electron chi connectivity index (χ0n) is 7.85. The second-order valence-corrected chi connectivity index (χ2v) is 3.55. The normalized spacial score (nSPS) is 23.7. The van der Waals surface area contributed by atoms with Crippen LogP contribution >= 0.6 is 24.0 Å². The van der Waals surface area contributed by atoms with Crippen molar-refractivity contribution in [3.05, 3.63) is 48.2 Å². The Kier molecular flexibility index (Phi) is 3.61. The molecule has 5 heteroatoms. The Labute approximate surface area is 99.4 Å². The van der Waals surface area contributed by atoms with Crippen LogP contribution in [-0.2, 0) is 5.12 Å². The standard InChI is InChI=1S/C10H10ClN3.ClH/c11-10(8-4-2-1-3-5-8)13-7-6-9(12)14-10;/h1-7,13H,(H2,12,14);1H. The minimum atomic E-state index is -0.958. The highest BCUT2D eigenvalue weighted by Crippen LogP contribution is 2.28. The van der Waals surface area contributed by atoms with Crippen molar-refractivity contribution in [1.82, 2.24) is 5.32 Å². The molecule has 2 rings (SSSR count). The molecule has 15 heavy (non-hydrogen) atoms. The first-order valence-corrected chi connectivity index (χ1v) is 4.62. The van der Waals surface area contributed by atoms with Crippen molar-refractivity contribution in [3.63, 3.8) is 0 Å². The summed E-state index contributed by atoms with van der Waals surface area (Å²) in [6.45, 7) is 0. The van der Waals surface area contributed by atoms with Crippen molar-refractivity contribution >= 4 is 29.8 Å². The highest BCUT2D eigenvalue weighted by atomic mass is 35.5. The topological polar surface area (TPSA) is 50.4 Å². The van der Waals surface area contributed by atoms with Crippen LogP contribution in [0.3, 0.4) is 0 Å². The molecule has 3 N–H and O–H groups in total. The molecule has 0 saturated heterocycles. The molecule has 1 aliphatic heterocycles. The zero-order chi connectivity index (χ0) is 10.0. The number of halogens is 2. The maximum atomic E-state index is 6.27. The van der Waals surface area contributed by atoms with E-state index >= 15 is 0 Å². The van der Waals surface area contributed by atoms with Gasteiger partial charge in [-0.25, -0.2) is 4.99 Å². The first-order valence-electron chi connectivity index (χ1n) is 4.25. The predicted octanol–water partition coefficient (Wildman–Crippen LogP) is 1.93. The Bertz CT molecular complexity index is 389. The van der Waals surface area contributed by atoms with Gasteiger partial charge in [-0.05, 0) is 6.08 Å². The number of alkyl halides is 1. The number of nitrogens with zero attached hydrogens (tertiary/aromatic N) is 1. The van der Waals surface area contributed by atoms with Gasteiger partial charge in [0.1, 0.15) is 5.84 Å². The molecule has 0 amide bonds. The third-order valence-electron chi connectivity index (χ3n) is 1.97. The summed E-state index contributed by atoms with van der Waals surface area (Å²) < 4.78 is 0. The van der Waals surface area contributed by atoms with Gasteiger partial charge in [0.05, 0.1) is 0 Å². The van der Waals surface area contributed by atoms with Crippen LogP contribution in [-0.4, -0.2) is 5.84 Å². The molecule has 1 aromatic carbocycles. The second kappa shape index (κ2) is 4.55. The van der Waals surface area contributed by atoms with Gasteiger partial charge < -0.3 is 11.1 Å². The van der Waals surface area contributed by atoms with Crippen LogP contribution in [0.2, 0.25) is 0 Å². The summed E-state index contributed by atoms with van der Waals surface area (Å²) in [6.07, 6.45) is 3.37. The van der Waals surface area contributed by atoms with Crippen LogP contribution in [0.4, 0.5) is 0 Å². The first kappa shape index (κ1) is 11.9. The Morgan fingerprint density at radius 2 is 1.93 bits per heavy atom. The average Bonchev–Trinajstić information content (AvgIpc) is 2.19. The van der Waals surface area contributed by atoms with Gasteiger partial charge >= 0.3 is 0 Å². The number of nitrogens with two attached hydrogens (primary N) is 1. The third kappa shape index (κ3) is 2.43. The van der Waals surface area contributed by atoms with E-state index in [4.69, 9.17) is 17.3 Å². The van der Waals surface area contributed by atoms with Crippen LogP contribution < -0.4 is 11.1 Å². The fourth-order valence-electron chi connectivity index (χ4n) is 1.29. The van der Waals surface area contributed by atoms with Gasteiger partial charge in [-0.15, -0.1) is 12.4 Å². The molecule has 0 spiro atoms. The molecule has 80 valence electrons. The number of hydrogen-bond donors (Lipinski definition) is 2. The summed E-state index contributed by atoms with van der Waals surface area (Å²) >= 11 is 6.27. The average molecular weight is 244 g/mol. The van der Waals surface area contributed by atoms with E-state index < -0.39 is 5.12 Å². The summed E-state index contributed by atoms with van der Waals surface area (Å²) in [4.78, 5) is 4.15. The Balaban J connectivity index is 0.00000112. The summed E-state index contributed by atoms with van der Waals surface area (Å²) in [5.41, 5.74) is 6.46. The van der Waals surface area contributed by atoms with Crippen molar-refractivity contribution in [3.8, 4) is 0 Å². The Morgan fingerprint density at radius 1 is 1.27 bits per heavy atom. The summed E-state index contributed by atoms with van der Waals surface area (Å²) in [5.74, 6) is 0.419. The minimum Gasteiger partial charge on any atom is -0.384 e. The zero-order valence-corrected chi connectivity index (χ0v) is 9.42. The van der Waals surface area contributed by atoms with E-state index in [-0.39, 0.29) is 12.4 Å². The van der Waals surface area contributed by atoms with Gasteiger partial charge in [0.15, 0.2) is 0 Å². The van der Waals surface area contributed by atoms with Crippen molar-refractivity contribution < 1.29 is 0 Å². The summed E-state index contributed by atoms with van der Waals surface area (Å²) in [5, 5.41) is 2.00. The lowest BCUT2D eigenvalue weighted by atomic mass is 10.1. The van der Waals surface area contributed by atoms with E-state index in [1.54, 1.807) is 12.3 Å². The number of benzene rings is 1. The van der Waals surface area contributed by atoms with E-state index in [0.717, 1.165) is 5.56 Å². The SMILES string of the molecule is Cl.NC1=NC(Cl)(c2ccccc2)NC=C1. The van der Waals surface area contributed by atoms with Gasteiger partial charge in [-0.1, -0.05) is 41.9 Å². The van der Waals surface area contributed by atoms with Crippen LogP contribution in [0.5, 0.6) is 0 Å². The molecule has 1 heterocycles. The molecule has 3 nitrogen and oxygen atoms in total. The molecular formula is C10H11Cl2N3. The largest absolute Gasteiger partial charge is 0.384 e. The predicted molar refractivity (Wildman–Crippen MR) is 65.1 cm³/mol. The lowest BCUT2D eigenvalue weighted by Crippen LogP contribution is -2.36. The Hall–Kier alpha value is -1.19. The molecular weight excluding hydrogens is 233 g/mol. The summed E-state index contributed by atoms with van der Waals surface area (Å²) in [6, 6.07) is 9.54. The van der Waals surface area contributed by atoms with Crippen molar-refractivity contribution in [2.45, 2.75) is 5.12 Å². The van der Waals surface area contributed by atoms with Crippen molar-refractivity contribution in [1.29, 1.82) is 0 Å². The molecule has 0 aliphatic carbocycles. The molecule has 0 fully saturated rings. The van der Waals surface area contributed by atoms with Gasteiger partial charge in [-0.2, -0.15) is 0 Å². The molecule has 1 aromatic rings. The lowest BCUT2D eigenvalue weighted by molar-refractivity contribution is 0.569. The van der Waals surface area contributed by atoms with E-state index in [2.05, 4.69) is 10.3 Å². The highest BCUT2D eigenvalue weighted by molar-refractivity contribution is 6.24. The maximum Gasteiger partial charge on any atom is 0.234 e. The number of nitrogens with one attached hydrogen (secondary N) is 1. The highest BCUT2D eigenvalue weighted by Gasteiger charge is 2.28. The summed E-state index contributed by atoms with van der Waals surface area (Å²) in [7, 11) is 0. The van der Waals surface area contributed by atoms with E-state index in [9.17, 15) is 0 Å². The molecule has 1 unspecified atom stereocenters. The second-order valence-electron chi connectivity index (χ2n) is 3.00. The van der Waals surface area contributed by atoms with E-state index in [0.29, 0.717) is 5.84 Å². The van der Waals surface area contributed by atoms with Crippen LogP contribution in [0.15, 0.2) is 47.6 Å². The quantitative estimate of drug-likeness (QED) is 0.585. The monoisotopic (exact) mass is 243 g/mol. The van der Waals surface area contributed by atoms with Gasteiger partial charge in [0.2, 0.25) is 5.12 Å². The Morgan fingerprint density at radius 3 is 2.53 bits per heavy atom. The molecule has 0 aromatic heterocycles. The van der Waals surface area contributed by atoms with Gasteiger partial charge in [0.25, 0.3) is 0 Å². The van der Waals surface area contributed by atoms with Crippen LogP contribution in [0.1, 0.15) is 5.56 Å². The molecule has 1 aliphatic rings. The maximum absolute atomic E-state index is 6.27. The van der Waals surface area contributed by atoms with Crippen LogP contribution in [0, 0.1) is 0 Å². The number of amidine groups is 1. The lowest BCUT2D eigenvalue weighted by Gasteiger charge is -2.26. The van der Waals surface area contributed by atoms with E-state index in [1.807, 2.05) is 30.3 Å². The first-order chi connectivity index (χ1) is 6.71. The number of aliphatic imine (C=N–C) groups is 1. The van der Waals surface area contributed by atoms with E-state index in [1.165, 1.54) is 0 Å². The molecule has 0 radical (unpaired) electrons. The third-order valence-corrected chi connectivity index (χ3v) is 2.38. The van der Waals surface area contributed by atoms with Gasteiger partial charge in [0, 0.05) is 11.8 Å². The fourth-order valence-corrected chi connectivity index (χ4v) is 1.58. The molecule has 1 atom stereocenters. The smallest absolute Gasteiger partial charge is 0.234 e. The van der Waals surface area contributed by atoms with Crippen LogP contribution in [0.25, 0.3) is 0 Å². The molecule has 0 bridgehead atoms. The number of hydrogen-bond acceptors (Lipinski definition) is 3. The van der Waals surface area contributed by atoms with Crippen molar-refractivity contribution in [2.24, 2.45) is 10.7 Å².